The maximum atomic E-state index is 12.5. The van der Waals surface area contributed by atoms with E-state index in [0.717, 1.165) is 10.2 Å². The van der Waals surface area contributed by atoms with E-state index in [1.807, 2.05) is 26.2 Å². The topological polar surface area (TPSA) is 73.0 Å². The average Bonchev–Trinajstić information content (AvgIpc) is 2.75. The van der Waals surface area contributed by atoms with Crippen molar-refractivity contribution in [1.29, 1.82) is 0 Å². The predicted octanol–water partition coefficient (Wildman–Crippen LogP) is 3.76. The summed E-state index contributed by atoms with van der Waals surface area (Å²) in [4.78, 5) is 4.58. The van der Waals surface area contributed by atoms with E-state index in [9.17, 15) is 8.42 Å². The molecule has 0 fully saturated rings. The van der Waals surface area contributed by atoms with Crippen molar-refractivity contribution >= 4 is 42.8 Å². The SMILES string of the molecule is CC(C)(C)c1csc(CS(=O)(=O)c2ccc(Br)cc2N)n1. The Labute approximate surface area is 137 Å². The number of hydrogen-bond donors (Lipinski definition) is 1. The predicted molar refractivity (Wildman–Crippen MR) is 90.3 cm³/mol. The summed E-state index contributed by atoms with van der Waals surface area (Å²) in [7, 11) is -3.49. The van der Waals surface area contributed by atoms with Crippen LogP contribution in [0, 0.1) is 0 Å². The van der Waals surface area contributed by atoms with Gasteiger partial charge in [0.1, 0.15) is 10.8 Å². The third kappa shape index (κ3) is 3.84. The molecule has 4 nitrogen and oxygen atoms in total. The Kier molecular flexibility index (Phi) is 4.46. The van der Waals surface area contributed by atoms with E-state index in [2.05, 4.69) is 20.9 Å². The second kappa shape index (κ2) is 5.70. The molecular formula is C14H17BrN2O2S2. The second-order valence-electron chi connectivity index (χ2n) is 5.82. The number of benzene rings is 1. The van der Waals surface area contributed by atoms with Gasteiger partial charge in [0.25, 0.3) is 0 Å². The molecule has 0 spiro atoms. The van der Waals surface area contributed by atoms with Gasteiger partial charge < -0.3 is 5.73 Å². The Morgan fingerprint density at radius 1 is 1.33 bits per heavy atom. The fourth-order valence-electron chi connectivity index (χ4n) is 1.76. The molecule has 0 amide bonds. The Hall–Kier alpha value is -0.920. The summed E-state index contributed by atoms with van der Waals surface area (Å²) >= 11 is 4.64. The lowest BCUT2D eigenvalue weighted by molar-refractivity contribution is 0.570. The number of sulfone groups is 1. The van der Waals surface area contributed by atoms with Crippen LogP contribution in [0.1, 0.15) is 31.5 Å². The average molecular weight is 389 g/mol. The first-order chi connectivity index (χ1) is 9.59. The number of rotatable bonds is 3. The fourth-order valence-corrected chi connectivity index (χ4v) is 4.92. The Morgan fingerprint density at radius 2 is 2.00 bits per heavy atom. The quantitative estimate of drug-likeness (QED) is 0.812. The Morgan fingerprint density at radius 3 is 2.52 bits per heavy atom. The maximum absolute atomic E-state index is 12.5. The lowest BCUT2D eigenvalue weighted by atomic mass is 9.93. The van der Waals surface area contributed by atoms with Crippen molar-refractivity contribution in [2.75, 3.05) is 5.73 Å². The van der Waals surface area contributed by atoms with Crippen molar-refractivity contribution in [3.63, 3.8) is 0 Å². The zero-order valence-corrected chi connectivity index (χ0v) is 15.3. The van der Waals surface area contributed by atoms with Crippen LogP contribution in [0.3, 0.4) is 0 Å². The number of nitrogens with zero attached hydrogens (tertiary/aromatic N) is 1. The van der Waals surface area contributed by atoms with Gasteiger partial charge in [-0.25, -0.2) is 13.4 Å². The van der Waals surface area contributed by atoms with Crippen LogP contribution in [-0.4, -0.2) is 13.4 Å². The molecule has 0 atom stereocenters. The van der Waals surface area contributed by atoms with E-state index in [1.165, 1.54) is 17.4 Å². The van der Waals surface area contributed by atoms with E-state index in [1.54, 1.807) is 12.1 Å². The molecule has 0 radical (unpaired) electrons. The molecule has 1 aromatic heterocycles. The Balaban J connectivity index is 2.31. The smallest absolute Gasteiger partial charge is 0.186 e. The van der Waals surface area contributed by atoms with Crippen molar-refractivity contribution in [2.24, 2.45) is 0 Å². The molecule has 114 valence electrons. The fraction of sp³-hybridized carbons (Fsp3) is 0.357. The van der Waals surface area contributed by atoms with Gasteiger partial charge in [-0.15, -0.1) is 11.3 Å². The van der Waals surface area contributed by atoms with Crippen LogP contribution in [0.5, 0.6) is 0 Å². The highest BCUT2D eigenvalue weighted by molar-refractivity contribution is 9.10. The highest BCUT2D eigenvalue weighted by atomic mass is 79.9. The van der Waals surface area contributed by atoms with E-state index in [0.29, 0.717) is 5.01 Å². The van der Waals surface area contributed by atoms with Crippen molar-refractivity contribution in [3.8, 4) is 0 Å². The van der Waals surface area contributed by atoms with E-state index in [4.69, 9.17) is 5.73 Å². The van der Waals surface area contributed by atoms with Crippen molar-refractivity contribution in [2.45, 2.75) is 36.8 Å². The van der Waals surface area contributed by atoms with Crippen molar-refractivity contribution in [3.05, 3.63) is 38.8 Å². The number of anilines is 1. The van der Waals surface area contributed by atoms with Crippen LogP contribution in [0.4, 0.5) is 5.69 Å². The number of nitrogen functional groups attached to an aromatic ring is 1. The van der Waals surface area contributed by atoms with E-state index >= 15 is 0 Å². The normalized spacial score (nSPS) is 12.6. The van der Waals surface area contributed by atoms with Gasteiger partial charge >= 0.3 is 0 Å². The largest absolute Gasteiger partial charge is 0.398 e. The van der Waals surface area contributed by atoms with Crippen LogP contribution in [0.25, 0.3) is 0 Å². The molecule has 2 aromatic rings. The van der Waals surface area contributed by atoms with Gasteiger partial charge in [-0.3, -0.25) is 0 Å². The van der Waals surface area contributed by atoms with E-state index in [-0.39, 0.29) is 21.8 Å². The van der Waals surface area contributed by atoms with Crippen LogP contribution >= 0.6 is 27.3 Å². The zero-order valence-electron chi connectivity index (χ0n) is 12.1. The molecule has 2 N–H and O–H groups in total. The van der Waals surface area contributed by atoms with E-state index < -0.39 is 9.84 Å². The third-order valence-electron chi connectivity index (χ3n) is 2.94. The van der Waals surface area contributed by atoms with Gasteiger partial charge in [0.05, 0.1) is 16.3 Å². The molecule has 0 aliphatic heterocycles. The minimum Gasteiger partial charge on any atom is -0.398 e. The standard InChI is InChI=1S/C14H17BrN2O2S2/c1-14(2,3)12-7-20-13(17-12)8-21(18,19)11-5-4-9(15)6-10(11)16/h4-7H,8,16H2,1-3H3. The summed E-state index contributed by atoms with van der Waals surface area (Å²) < 4.78 is 25.7. The summed E-state index contributed by atoms with van der Waals surface area (Å²) in [5.41, 5.74) is 6.87. The molecule has 1 aromatic carbocycles. The lowest BCUT2D eigenvalue weighted by Crippen LogP contribution is -2.12. The first-order valence-electron chi connectivity index (χ1n) is 6.32. The molecule has 21 heavy (non-hydrogen) atoms. The number of hydrogen-bond acceptors (Lipinski definition) is 5. The first-order valence-corrected chi connectivity index (χ1v) is 9.65. The third-order valence-corrected chi connectivity index (χ3v) is 6.16. The zero-order chi connectivity index (χ0) is 15.8. The summed E-state index contributed by atoms with van der Waals surface area (Å²) in [6.45, 7) is 6.15. The molecule has 0 aliphatic rings. The highest BCUT2D eigenvalue weighted by Gasteiger charge is 2.23. The molecule has 0 aliphatic carbocycles. The van der Waals surface area contributed by atoms with Gasteiger partial charge in [-0.2, -0.15) is 0 Å². The second-order valence-corrected chi connectivity index (χ2v) is 9.63. The summed E-state index contributed by atoms with van der Waals surface area (Å²) in [5, 5.41) is 2.50. The first kappa shape index (κ1) is 16.5. The molecular weight excluding hydrogens is 372 g/mol. The lowest BCUT2D eigenvalue weighted by Gasteiger charge is -2.14. The molecule has 7 heteroatoms. The van der Waals surface area contributed by atoms with Crippen LogP contribution in [0.15, 0.2) is 32.9 Å². The van der Waals surface area contributed by atoms with Crippen LogP contribution < -0.4 is 5.73 Å². The molecule has 0 saturated heterocycles. The van der Waals surface area contributed by atoms with Crippen molar-refractivity contribution < 1.29 is 8.42 Å². The number of thiazole rings is 1. The molecule has 0 saturated carbocycles. The number of nitrogens with two attached hydrogens (primary N) is 1. The van der Waals surface area contributed by atoms with Gasteiger partial charge in [-0.1, -0.05) is 36.7 Å². The summed E-state index contributed by atoms with van der Waals surface area (Å²) in [6.07, 6.45) is 0. The van der Waals surface area contributed by atoms with Gasteiger partial charge in [0.15, 0.2) is 9.84 Å². The van der Waals surface area contributed by atoms with Crippen LogP contribution in [0.2, 0.25) is 0 Å². The van der Waals surface area contributed by atoms with Gasteiger partial charge in [-0.05, 0) is 18.2 Å². The molecule has 0 bridgehead atoms. The molecule has 2 rings (SSSR count). The van der Waals surface area contributed by atoms with Crippen molar-refractivity contribution in [1.82, 2.24) is 4.98 Å². The minimum atomic E-state index is -3.49. The number of aromatic nitrogens is 1. The summed E-state index contributed by atoms with van der Waals surface area (Å²) in [5.74, 6) is -0.125. The highest BCUT2D eigenvalue weighted by Crippen LogP contribution is 2.28. The Bertz CT molecular complexity index is 762. The molecule has 0 unspecified atom stereocenters. The monoisotopic (exact) mass is 388 g/mol. The summed E-state index contributed by atoms with van der Waals surface area (Å²) in [6, 6.07) is 4.79. The van der Waals surface area contributed by atoms with Crippen LogP contribution in [-0.2, 0) is 21.0 Å². The number of halogens is 1. The maximum Gasteiger partial charge on any atom is 0.186 e. The minimum absolute atomic E-state index is 0.0881. The van der Waals surface area contributed by atoms with Gasteiger partial charge in [0, 0.05) is 15.3 Å². The molecule has 1 heterocycles. The van der Waals surface area contributed by atoms with Gasteiger partial charge in [0.2, 0.25) is 0 Å².